The fraction of sp³-hybridized carbons (Fsp3) is 0.235. The fourth-order valence-corrected chi connectivity index (χ4v) is 1.99. The van der Waals surface area contributed by atoms with Crippen molar-refractivity contribution in [1.29, 1.82) is 0 Å². The molecule has 0 saturated carbocycles. The average molecular weight is 298 g/mol. The van der Waals surface area contributed by atoms with E-state index in [4.69, 9.17) is 4.74 Å². The Hall–Kier alpha value is -2.69. The number of hydrogen-bond donors (Lipinski definition) is 1. The van der Waals surface area contributed by atoms with Crippen molar-refractivity contribution in [1.82, 2.24) is 4.98 Å². The molecule has 5 heteroatoms. The number of hydrogen-bond acceptors (Lipinski definition) is 5. The van der Waals surface area contributed by atoms with Gasteiger partial charge in [0.2, 0.25) is 0 Å². The van der Waals surface area contributed by atoms with Crippen molar-refractivity contribution < 1.29 is 14.3 Å². The molecule has 1 N–H and O–H groups in total. The summed E-state index contributed by atoms with van der Waals surface area (Å²) in [6.07, 6.45) is 1.63. The van der Waals surface area contributed by atoms with Crippen molar-refractivity contribution in [2.75, 3.05) is 11.9 Å². The number of ketones is 1. The van der Waals surface area contributed by atoms with Gasteiger partial charge in [-0.05, 0) is 19.1 Å². The topological polar surface area (TPSA) is 68.3 Å². The van der Waals surface area contributed by atoms with E-state index < -0.39 is 12.0 Å². The molecule has 0 spiro atoms. The molecule has 114 valence electrons. The number of nitrogens with one attached hydrogen (secondary N) is 1. The molecule has 1 aromatic carbocycles. The third kappa shape index (κ3) is 4.41. The molecule has 0 aliphatic carbocycles. The normalized spacial score (nSPS) is 11.5. The number of Topliss-reactive ketones (excluding diaryl/α,β-unsaturated/α-hetero) is 1. The van der Waals surface area contributed by atoms with Crippen molar-refractivity contribution in [3.63, 3.8) is 0 Å². The molecule has 1 unspecified atom stereocenters. The van der Waals surface area contributed by atoms with Crippen LogP contribution in [-0.4, -0.2) is 29.4 Å². The molecule has 0 saturated heterocycles. The highest BCUT2D eigenvalue weighted by Gasteiger charge is 2.24. The number of benzene rings is 1. The van der Waals surface area contributed by atoms with Crippen LogP contribution in [0.1, 0.15) is 23.7 Å². The summed E-state index contributed by atoms with van der Waals surface area (Å²) in [4.78, 5) is 28.4. The second-order valence-electron chi connectivity index (χ2n) is 4.66. The fourth-order valence-electron chi connectivity index (χ4n) is 1.99. The second kappa shape index (κ2) is 7.93. The van der Waals surface area contributed by atoms with E-state index in [-0.39, 0.29) is 18.8 Å². The summed E-state index contributed by atoms with van der Waals surface area (Å²) in [6, 6.07) is 13.4. The Morgan fingerprint density at radius 1 is 1.14 bits per heavy atom. The molecular formula is C17H18N2O3. The van der Waals surface area contributed by atoms with Crippen molar-refractivity contribution in [2.24, 2.45) is 0 Å². The van der Waals surface area contributed by atoms with E-state index in [1.54, 1.807) is 55.6 Å². The third-order valence-electron chi connectivity index (χ3n) is 3.04. The summed E-state index contributed by atoms with van der Waals surface area (Å²) in [5.41, 5.74) is 0.569. The molecule has 0 aliphatic rings. The maximum Gasteiger partial charge on any atom is 0.329 e. The summed E-state index contributed by atoms with van der Waals surface area (Å²) in [5.74, 6) is -0.0547. The first-order valence-electron chi connectivity index (χ1n) is 7.13. The van der Waals surface area contributed by atoms with Crippen LogP contribution < -0.4 is 5.32 Å². The number of ether oxygens (including phenoxy) is 1. The standard InChI is InChI=1S/C17H18N2O3/c1-2-22-17(21)14(19-16-10-6-7-11-18-16)12-15(20)13-8-4-3-5-9-13/h3-11,14H,2,12H2,1H3,(H,18,19). The number of carbonyl (C=O) groups is 2. The lowest BCUT2D eigenvalue weighted by molar-refractivity contribution is -0.144. The number of anilines is 1. The first kappa shape index (κ1) is 15.7. The quantitative estimate of drug-likeness (QED) is 0.629. The highest BCUT2D eigenvalue weighted by molar-refractivity contribution is 5.99. The van der Waals surface area contributed by atoms with E-state index >= 15 is 0 Å². The third-order valence-corrected chi connectivity index (χ3v) is 3.04. The summed E-state index contributed by atoms with van der Waals surface area (Å²) in [5, 5.41) is 2.96. The molecule has 1 aromatic heterocycles. The molecular weight excluding hydrogens is 280 g/mol. The number of pyridine rings is 1. The van der Waals surface area contributed by atoms with Crippen LogP contribution in [0.3, 0.4) is 0 Å². The first-order chi connectivity index (χ1) is 10.7. The predicted octanol–water partition coefficient (Wildman–Crippen LogP) is 2.70. The summed E-state index contributed by atoms with van der Waals surface area (Å²) < 4.78 is 5.03. The number of aromatic nitrogens is 1. The Labute approximate surface area is 129 Å². The first-order valence-corrected chi connectivity index (χ1v) is 7.13. The van der Waals surface area contributed by atoms with Crippen molar-refractivity contribution >= 4 is 17.6 Å². The molecule has 22 heavy (non-hydrogen) atoms. The van der Waals surface area contributed by atoms with Gasteiger partial charge in [-0.3, -0.25) is 4.79 Å². The average Bonchev–Trinajstić information content (AvgIpc) is 2.56. The van der Waals surface area contributed by atoms with Gasteiger partial charge in [0, 0.05) is 18.2 Å². The molecule has 0 bridgehead atoms. The van der Waals surface area contributed by atoms with Gasteiger partial charge in [0.25, 0.3) is 0 Å². The zero-order chi connectivity index (χ0) is 15.8. The van der Waals surface area contributed by atoms with E-state index in [1.165, 1.54) is 0 Å². The number of rotatable bonds is 7. The van der Waals surface area contributed by atoms with Gasteiger partial charge < -0.3 is 10.1 Å². The van der Waals surface area contributed by atoms with Crippen LogP contribution in [0.2, 0.25) is 0 Å². The summed E-state index contributed by atoms with van der Waals surface area (Å²) >= 11 is 0. The van der Waals surface area contributed by atoms with Gasteiger partial charge in [-0.25, -0.2) is 9.78 Å². The minimum atomic E-state index is -0.762. The van der Waals surface area contributed by atoms with Gasteiger partial charge >= 0.3 is 5.97 Å². The summed E-state index contributed by atoms with van der Waals surface area (Å²) in [6.45, 7) is 1.99. The minimum absolute atomic E-state index is 0.0133. The zero-order valence-corrected chi connectivity index (χ0v) is 12.4. The second-order valence-corrected chi connectivity index (χ2v) is 4.66. The smallest absolute Gasteiger partial charge is 0.329 e. The van der Waals surface area contributed by atoms with Gasteiger partial charge in [-0.2, -0.15) is 0 Å². The number of carbonyl (C=O) groups excluding carboxylic acids is 2. The monoisotopic (exact) mass is 298 g/mol. The largest absolute Gasteiger partial charge is 0.464 e. The van der Waals surface area contributed by atoms with Gasteiger partial charge in [-0.1, -0.05) is 36.4 Å². The van der Waals surface area contributed by atoms with E-state index in [9.17, 15) is 9.59 Å². The lowest BCUT2D eigenvalue weighted by Crippen LogP contribution is -2.34. The van der Waals surface area contributed by atoms with Crippen molar-refractivity contribution in [3.05, 3.63) is 60.3 Å². The van der Waals surface area contributed by atoms with Crippen molar-refractivity contribution in [3.8, 4) is 0 Å². The van der Waals surface area contributed by atoms with Crippen LogP contribution >= 0.6 is 0 Å². The molecule has 1 atom stereocenters. The van der Waals surface area contributed by atoms with Crippen LogP contribution in [0, 0.1) is 0 Å². The summed E-state index contributed by atoms with van der Waals surface area (Å²) in [7, 11) is 0. The molecule has 0 aliphatic heterocycles. The highest BCUT2D eigenvalue weighted by Crippen LogP contribution is 2.11. The van der Waals surface area contributed by atoms with Gasteiger partial charge in [0.05, 0.1) is 6.61 Å². The Bertz CT molecular complexity index is 614. The van der Waals surface area contributed by atoms with Crippen LogP contribution in [0.5, 0.6) is 0 Å². The zero-order valence-electron chi connectivity index (χ0n) is 12.4. The van der Waals surface area contributed by atoms with Gasteiger partial charge in [-0.15, -0.1) is 0 Å². The van der Waals surface area contributed by atoms with Crippen LogP contribution in [0.25, 0.3) is 0 Å². The molecule has 2 aromatic rings. The number of nitrogens with zero attached hydrogens (tertiary/aromatic N) is 1. The maximum absolute atomic E-state index is 12.3. The van der Waals surface area contributed by atoms with E-state index in [0.717, 1.165) is 0 Å². The Kier molecular flexibility index (Phi) is 5.65. The predicted molar refractivity (Wildman–Crippen MR) is 83.7 cm³/mol. The van der Waals surface area contributed by atoms with Crippen LogP contribution in [-0.2, 0) is 9.53 Å². The van der Waals surface area contributed by atoms with E-state index in [1.807, 2.05) is 6.07 Å². The SMILES string of the molecule is CCOC(=O)C(CC(=O)c1ccccc1)Nc1ccccn1. The highest BCUT2D eigenvalue weighted by atomic mass is 16.5. The molecule has 0 radical (unpaired) electrons. The van der Waals surface area contributed by atoms with E-state index in [0.29, 0.717) is 11.4 Å². The Morgan fingerprint density at radius 3 is 2.50 bits per heavy atom. The molecule has 2 rings (SSSR count). The molecule has 5 nitrogen and oxygen atoms in total. The molecule has 0 fully saturated rings. The molecule has 1 heterocycles. The van der Waals surface area contributed by atoms with Crippen LogP contribution in [0.15, 0.2) is 54.7 Å². The Balaban J connectivity index is 2.11. The lowest BCUT2D eigenvalue weighted by Gasteiger charge is -2.17. The lowest BCUT2D eigenvalue weighted by atomic mass is 10.0. The number of esters is 1. The van der Waals surface area contributed by atoms with Gasteiger partial charge in [0.15, 0.2) is 5.78 Å². The maximum atomic E-state index is 12.3. The Morgan fingerprint density at radius 2 is 1.86 bits per heavy atom. The van der Waals surface area contributed by atoms with E-state index in [2.05, 4.69) is 10.3 Å². The minimum Gasteiger partial charge on any atom is -0.464 e. The molecule has 0 amide bonds. The van der Waals surface area contributed by atoms with Gasteiger partial charge in [0.1, 0.15) is 11.9 Å². The van der Waals surface area contributed by atoms with Crippen molar-refractivity contribution in [2.45, 2.75) is 19.4 Å². The van der Waals surface area contributed by atoms with Crippen LogP contribution in [0.4, 0.5) is 5.82 Å².